The third-order valence-electron chi connectivity index (χ3n) is 2.31. The summed E-state index contributed by atoms with van der Waals surface area (Å²) >= 11 is 3.41. The van der Waals surface area contributed by atoms with Crippen LogP contribution in [0.5, 0.6) is 5.75 Å². The van der Waals surface area contributed by atoms with E-state index in [0.29, 0.717) is 6.61 Å². The third kappa shape index (κ3) is 3.11. The normalized spacial score (nSPS) is 10.1. The molecule has 2 rings (SSSR count). The van der Waals surface area contributed by atoms with Gasteiger partial charge in [0.1, 0.15) is 12.4 Å². The van der Waals surface area contributed by atoms with Crippen LogP contribution in [0.4, 0.5) is 0 Å². The number of hydrogen-bond acceptors (Lipinski definition) is 1. The molecule has 2 aromatic carbocycles. The van der Waals surface area contributed by atoms with E-state index in [-0.39, 0.29) is 0 Å². The van der Waals surface area contributed by atoms with E-state index in [1.165, 1.54) is 11.1 Å². The van der Waals surface area contributed by atoms with Gasteiger partial charge in [0.2, 0.25) is 0 Å². The van der Waals surface area contributed by atoms with Crippen molar-refractivity contribution in [2.75, 3.05) is 0 Å². The van der Waals surface area contributed by atoms with Gasteiger partial charge in [0.25, 0.3) is 0 Å². The van der Waals surface area contributed by atoms with Crippen molar-refractivity contribution in [1.29, 1.82) is 0 Å². The molecule has 0 saturated heterocycles. The van der Waals surface area contributed by atoms with Crippen LogP contribution < -0.4 is 4.74 Å². The maximum atomic E-state index is 5.70. The monoisotopic (exact) mass is 276 g/mol. The van der Waals surface area contributed by atoms with Gasteiger partial charge in [-0.1, -0.05) is 40.2 Å². The van der Waals surface area contributed by atoms with Gasteiger partial charge in [0, 0.05) is 4.47 Å². The molecule has 1 nitrogen and oxygen atoms in total. The molecule has 0 radical (unpaired) electrons. The highest BCUT2D eigenvalue weighted by Crippen LogP contribution is 2.16. The highest BCUT2D eigenvalue weighted by Gasteiger charge is 1.96. The average Bonchev–Trinajstić information content (AvgIpc) is 2.28. The van der Waals surface area contributed by atoms with Gasteiger partial charge in [-0.25, -0.2) is 0 Å². The first-order chi connectivity index (χ1) is 7.74. The first-order valence-electron chi connectivity index (χ1n) is 5.18. The van der Waals surface area contributed by atoms with Crippen molar-refractivity contribution in [3.05, 3.63) is 64.1 Å². The lowest BCUT2D eigenvalue weighted by Gasteiger charge is -2.06. The maximum absolute atomic E-state index is 5.70. The highest BCUT2D eigenvalue weighted by atomic mass is 79.9. The topological polar surface area (TPSA) is 9.23 Å². The van der Waals surface area contributed by atoms with Crippen LogP contribution in [0.3, 0.4) is 0 Å². The molecule has 0 heterocycles. The molecule has 0 fully saturated rings. The molecule has 0 amide bonds. The summed E-state index contributed by atoms with van der Waals surface area (Å²) in [6, 6.07) is 16.2. The van der Waals surface area contributed by atoms with Crippen molar-refractivity contribution in [2.24, 2.45) is 0 Å². The van der Waals surface area contributed by atoms with Gasteiger partial charge in [-0.05, 0) is 42.3 Å². The Morgan fingerprint density at radius 3 is 2.50 bits per heavy atom. The molecule has 0 aliphatic heterocycles. The predicted octanol–water partition coefficient (Wildman–Crippen LogP) is 4.34. The minimum Gasteiger partial charge on any atom is -0.489 e. The second kappa shape index (κ2) is 5.17. The molecule has 16 heavy (non-hydrogen) atoms. The molecule has 0 spiro atoms. The number of hydrogen-bond donors (Lipinski definition) is 0. The van der Waals surface area contributed by atoms with Crippen LogP contribution in [-0.4, -0.2) is 0 Å². The molecule has 0 bridgehead atoms. The Labute approximate surface area is 104 Å². The Bertz CT molecular complexity index is 462. The zero-order valence-corrected chi connectivity index (χ0v) is 10.7. The molecule has 0 unspecified atom stereocenters. The molecule has 0 aromatic heterocycles. The van der Waals surface area contributed by atoms with E-state index in [9.17, 15) is 0 Å². The van der Waals surface area contributed by atoms with E-state index in [1.54, 1.807) is 0 Å². The van der Waals surface area contributed by atoms with Crippen LogP contribution in [0.1, 0.15) is 11.1 Å². The molecular weight excluding hydrogens is 264 g/mol. The van der Waals surface area contributed by atoms with Crippen LogP contribution in [0.15, 0.2) is 53.0 Å². The number of rotatable bonds is 3. The van der Waals surface area contributed by atoms with Crippen molar-refractivity contribution in [3.63, 3.8) is 0 Å². The molecule has 2 aromatic rings. The van der Waals surface area contributed by atoms with Gasteiger partial charge in [0.15, 0.2) is 0 Å². The molecule has 0 N–H and O–H groups in total. The number of halogens is 1. The smallest absolute Gasteiger partial charge is 0.120 e. The molecular formula is C14H13BrO. The molecule has 0 saturated carbocycles. The number of benzene rings is 2. The summed E-state index contributed by atoms with van der Waals surface area (Å²) in [6.45, 7) is 2.67. The Balaban J connectivity index is 1.99. The Morgan fingerprint density at radius 2 is 1.81 bits per heavy atom. The fourth-order valence-corrected chi connectivity index (χ4v) is 1.72. The van der Waals surface area contributed by atoms with Gasteiger partial charge < -0.3 is 4.74 Å². The fraction of sp³-hybridized carbons (Fsp3) is 0.143. The quantitative estimate of drug-likeness (QED) is 0.811. The van der Waals surface area contributed by atoms with Crippen LogP contribution in [0.2, 0.25) is 0 Å². The van der Waals surface area contributed by atoms with Gasteiger partial charge >= 0.3 is 0 Å². The lowest BCUT2D eigenvalue weighted by atomic mass is 10.2. The average molecular weight is 277 g/mol. The number of aryl methyl sites for hydroxylation is 1. The second-order valence-electron chi connectivity index (χ2n) is 3.73. The molecule has 0 aliphatic rings. The Hall–Kier alpha value is -1.28. The van der Waals surface area contributed by atoms with E-state index in [2.05, 4.69) is 41.1 Å². The molecule has 0 atom stereocenters. The largest absolute Gasteiger partial charge is 0.489 e. The SMILES string of the molecule is Cc1cccc(OCc2ccc(Br)cc2)c1. The maximum Gasteiger partial charge on any atom is 0.120 e. The minimum atomic E-state index is 0.608. The van der Waals surface area contributed by atoms with Crippen molar-refractivity contribution in [3.8, 4) is 5.75 Å². The van der Waals surface area contributed by atoms with E-state index in [1.807, 2.05) is 30.3 Å². The summed E-state index contributed by atoms with van der Waals surface area (Å²) in [7, 11) is 0. The van der Waals surface area contributed by atoms with Crippen LogP contribution in [0, 0.1) is 6.92 Å². The highest BCUT2D eigenvalue weighted by molar-refractivity contribution is 9.10. The molecule has 82 valence electrons. The zero-order valence-electron chi connectivity index (χ0n) is 9.11. The Morgan fingerprint density at radius 1 is 1.06 bits per heavy atom. The summed E-state index contributed by atoms with van der Waals surface area (Å²) in [5.74, 6) is 0.919. The molecule has 0 aliphatic carbocycles. The lowest BCUT2D eigenvalue weighted by molar-refractivity contribution is 0.306. The van der Waals surface area contributed by atoms with Crippen molar-refractivity contribution in [2.45, 2.75) is 13.5 Å². The van der Waals surface area contributed by atoms with Crippen molar-refractivity contribution in [1.82, 2.24) is 0 Å². The predicted molar refractivity (Wildman–Crippen MR) is 69.7 cm³/mol. The third-order valence-corrected chi connectivity index (χ3v) is 2.84. The summed E-state index contributed by atoms with van der Waals surface area (Å²) < 4.78 is 6.79. The zero-order chi connectivity index (χ0) is 11.4. The second-order valence-corrected chi connectivity index (χ2v) is 4.65. The Kier molecular flexibility index (Phi) is 3.62. The van der Waals surface area contributed by atoms with Crippen molar-refractivity contribution < 1.29 is 4.74 Å². The summed E-state index contributed by atoms with van der Waals surface area (Å²) in [5, 5.41) is 0. The first-order valence-corrected chi connectivity index (χ1v) is 5.97. The van der Waals surface area contributed by atoms with E-state index >= 15 is 0 Å². The van der Waals surface area contributed by atoms with Gasteiger partial charge in [-0.3, -0.25) is 0 Å². The number of ether oxygens (including phenoxy) is 1. The lowest BCUT2D eigenvalue weighted by Crippen LogP contribution is -1.95. The van der Waals surface area contributed by atoms with E-state index < -0.39 is 0 Å². The van der Waals surface area contributed by atoms with E-state index in [0.717, 1.165) is 10.2 Å². The van der Waals surface area contributed by atoms with Gasteiger partial charge in [-0.15, -0.1) is 0 Å². The minimum absolute atomic E-state index is 0.608. The van der Waals surface area contributed by atoms with Gasteiger partial charge in [-0.2, -0.15) is 0 Å². The van der Waals surface area contributed by atoms with Crippen molar-refractivity contribution >= 4 is 15.9 Å². The summed E-state index contributed by atoms with van der Waals surface area (Å²) in [6.07, 6.45) is 0. The van der Waals surface area contributed by atoms with Crippen LogP contribution >= 0.6 is 15.9 Å². The standard InChI is InChI=1S/C14H13BrO/c1-11-3-2-4-14(9-11)16-10-12-5-7-13(15)8-6-12/h2-9H,10H2,1H3. The van der Waals surface area contributed by atoms with Gasteiger partial charge in [0.05, 0.1) is 0 Å². The summed E-state index contributed by atoms with van der Waals surface area (Å²) in [4.78, 5) is 0. The van der Waals surface area contributed by atoms with Crippen LogP contribution in [0.25, 0.3) is 0 Å². The van der Waals surface area contributed by atoms with E-state index in [4.69, 9.17) is 4.74 Å². The molecule has 2 heteroatoms. The first kappa shape index (κ1) is 11.2. The fourth-order valence-electron chi connectivity index (χ4n) is 1.45. The summed E-state index contributed by atoms with van der Waals surface area (Å²) in [5.41, 5.74) is 2.39. The van der Waals surface area contributed by atoms with Crippen LogP contribution in [-0.2, 0) is 6.61 Å².